The van der Waals surface area contributed by atoms with Crippen LogP contribution in [0.5, 0.6) is 17.4 Å². The topological polar surface area (TPSA) is 60.5 Å². The Bertz CT molecular complexity index is 1030. The predicted molar refractivity (Wildman–Crippen MR) is 116 cm³/mol. The zero-order chi connectivity index (χ0) is 20.2. The largest absolute Gasteiger partial charge is 0.485 e. The van der Waals surface area contributed by atoms with E-state index in [1.807, 2.05) is 30.3 Å². The fourth-order valence-electron chi connectivity index (χ4n) is 3.20. The second kappa shape index (κ2) is 8.84. The molecule has 148 valence electrons. The first-order valence-electron chi connectivity index (χ1n) is 9.15. The molecular formula is C22H18BrClN2O3. The van der Waals surface area contributed by atoms with E-state index in [1.165, 1.54) is 6.20 Å². The Labute approximate surface area is 182 Å². The number of ether oxygens (including phenoxy) is 2. The van der Waals surface area contributed by atoms with Crippen molar-refractivity contribution in [2.45, 2.75) is 18.9 Å². The number of rotatable bonds is 5. The lowest BCUT2D eigenvalue weighted by Crippen LogP contribution is -2.15. The summed E-state index contributed by atoms with van der Waals surface area (Å²) >= 11 is 9.00. The van der Waals surface area contributed by atoms with Crippen LogP contribution in [0.3, 0.4) is 0 Å². The number of hydrogen-bond acceptors (Lipinski definition) is 4. The van der Waals surface area contributed by atoms with Crippen LogP contribution in [0.4, 0.5) is 5.69 Å². The Morgan fingerprint density at radius 2 is 2.14 bits per heavy atom. The lowest BCUT2D eigenvalue weighted by Gasteiger charge is -2.27. The van der Waals surface area contributed by atoms with Crippen molar-refractivity contribution in [1.82, 2.24) is 4.98 Å². The third-order valence-corrected chi connectivity index (χ3v) is 5.30. The number of halogens is 2. The number of hydrogen-bond donors (Lipinski definition) is 1. The van der Waals surface area contributed by atoms with Crippen LogP contribution in [0.1, 0.15) is 23.7 Å². The number of aryl methyl sites for hydroxylation is 1. The van der Waals surface area contributed by atoms with Crippen LogP contribution in [0.25, 0.3) is 0 Å². The van der Waals surface area contributed by atoms with Crippen LogP contribution in [0.15, 0.2) is 65.3 Å². The smallest absolute Gasteiger partial charge is 0.239 e. The molecule has 3 aromatic rings. The SMILES string of the molecule is O=C(CCl)Nc1ccc(Oc2ccc3c(c2)CCC(c2cccc(Br)c2)O3)nc1. The van der Waals surface area contributed by atoms with Crippen molar-refractivity contribution in [2.24, 2.45) is 0 Å². The Morgan fingerprint density at radius 3 is 2.90 bits per heavy atom. The Balaban J connectivity index is 1.43. The standard InChI is InChI=1S/C22H18BrClN2O3/c23-16-3-1-2-14(10-16)19-7-4-15-11-18(6-8-20(15)29-19)28-22-9-5-17(13-25-22)26-21(27)12-24/h1-3,5-6,8-11,13,19H,4,7,12H2,(H,26,27). The normalized spacial score (nSPS) is 15.2. The lowest BCUT2D eigenvalue weighted by molar-refractivity contribution is -0.113. The highest BCUT2D eigenvalue weighted by Crippen LogP contribution is 2.37. The van der Waals surface area contributed by atoms with Crippen molar-refractivity contribution < 1.29 is 14.3 Å². The van der Waals surface area contributed by atoms with Gasteiger partial charge >= 0.3 is 0 Å². The monoisotopic (exact) mass is 472 g/mol. The molecule has 1 unspecified atom stereocenters. The number of fused-ring (bicyclic) bond motifs is 1. The average Bonchev–Trinajstić information content (AvgIpc) is 2.74. The molecule has 2 heterocycles. The van der Waals surface area contributed by atoms with Crippen molar-refractivity contribution in [3.8, 4) is 17.4 Å². The highest BCUT2D eigenvalue weighted by atomic mass is 79.9. The van der Waals surface area contributed by atoms with Gasteiger partial charge in [0, 0.05) is 10.5 Å². The molecule has 0 saturated carbocycles. The molecule has 0 fully saturated rings. The summed E-state index contributed by atoms with van der Waals surface area (Å²) in [6, 6.07) is 17.4. The van der Waals surface area contributed by atoms with Crippen molar-refractivity contribution in [3.05, 3.63) is 76.4 Å². The number of nitrogens with zero attached hydrogens (tertiary/aromatic N) is 1. The number of amides is 1. The number of aromatic nitrogens is 1. The molecule has 0 spiro atoms. The van der Waals surface area contributed by atoms with Crippen molar-refractivity contribution >= 4 is 39.1 Å². The van der Waals surface area contributed by atoms with Gasteiger partial charge in [0.25, 0.3) is 0 Å². The van der Waals surface area contributed by atoms with E-state index in [0.717, 1.165) is 34.2 Å². The summed E-state index contributed by atoms with van der Waals surface area (Å²) in [5, 5.41) is 2.64. The second-order valence-electron chi connectivity index (χ2n) is 6.64. The molecular weight excluding hydrogens is 456 g/mol. The highest BCUT2D eigenvalue weighted by Gasteiger charge is 2.22. The molecule has 2 aromatic carbocycles. The number of alkyl halides is 1. The van der Waals surface area contributed by atoms with E-state index in [4.69, 9.17) is 21.1 Å². The van der Waals surface area contributed by atoms with Crippen molar-refractivity contribution in [3.63, 3.8) is 0 Å². The molecule has 0 radical (unpaired) electrons. The fourth-order valence-corrected chi connectivity index (χ4v) is 3.68. The summed E-state index contributed by atoms with van der Waals surface area (Å²) in [4.78, 5) is 15.5. The number of benzene rings is 2. The van der Waals surface area contributed by atoms with E-state index >= 15 is 0 Å². The molecule has 0 saturated heterocycles. The van der Waals surface area contributed by atoms with Crippen LogP contribution in [0.2, 0.25) is 0 Å². The number of pyridine rings is 1. The van der Waals surface area contributed by atoms with Gasteiger partial charge < -0.3 is 14.8 Å². The minimum Gasteiger partial charge on any atom is -0.485 e. The first-order valence-corrected chi connectivity index (χ1v) is 10.5. The minimum absolute atomic E-state index is 0.0455. The van der Waals surface area contributed by atoms with Gasteiger partial charge in [-0.1, -0.05) is 28.1 Å². The summed E-state index contributed by atoms with van der Waals surface area (Å²) in [6.45, 7) is 0. The summed E-state index contributed by atoms with van der Waals surface area (Å²) < 4.78 is 13.1. The third-order valence-electron chi connectivity index (χ3n) is 4.56. The minimum atomic E-state index is -0.280. The van der Waals surface area contributed by atoms with Crippen LogP contribution >= 0.6 is 27.5 Å². The molecule has 29 heavy (non-hydrogen) atoms. The maximum atomic E-state index is 11.3. The van der Waals surface area contributed by atoms with Crippen LogP contribution in [0, 0.1) is 0 Å². The van der Waals surface area contributed by atoms with Crippen LogP contribution in [-0.4, -0.2) is 16.8 Å². The summed E-state index contributed by atoms with van der Waals surface area (Å²) in [5.74, 6) is 1.63. The van der Waals surface area contributed by atoms with Crippen molar-refractivity contribution in [1.29, 1.82) is 0 Å². The van der Waals surface area contributed by atoms with E-state index in [1.54, 1.807) is 12.1 Å². The Morgan fingerprint density at radius 1 is 1.24 bits per heavy atom. The maximum Gasteiger partial charge on any atom is 0.239 e. The van der Waals surface area contributed by atoms with Crippen LogP contribution in [-0.2, 0) is 11.2 Å². The average molecular weight is 474 g/mol. The molecule has 1 amide bonds. The lowest BCUT2D eigenvalue weighted by atomic mass is 9.97. The second-order valence-corrected chi connectivity index (χ2v) is 7.82. The molecule has 1 aliphatic heterocycles. The summed E-state index contributed by atoms with van der Waals surface area (Å²) in [7, 11) is 0. The first-order chi connectivity index (χ1) is 14.1. The van der Waals surface area contributed by atoms with Gasteiger partial charge in [0.15, 0.2) is 0 Å². The molecule has 5 nitrogen and oxygen atoms in total. The van der Waals surface area contributed by atoms with E-state index < -0.39 is 0 Å². The quantitative estimate of drug-likeness (QED) is 0.470. The fraction of sp³-hybridized carbons (Fsp3) is 0.182. The zero-order valence-electron chi connectivity index (χ0n) is 15.4. The Kier molecular flexibility index (Phi) is 6.02. The van der Waals surface area contributed by atoms with Gasteiger partial charge in [0.05, 0.1) is 11.9 Å². The van der Waals surface area contributed by atoms with Gasteiger partial charge in [0.1, 0.15) is 23.5 Å². The van der Waals surface area contributed by atoms with Gasteiger partial charge in [-0.2, -0.15) is 0 Å². The molecule has 1 N–H and O–H groups in total. The van der Waals surface area contributed by atoms with Gasteiger partial charge in [-0.15, -0.1) is 11.6 Å². The zero-order valence-corrected chi connectivity index (χ0v) is 17.7. The van der Waals surface area contributed by atoms with Crippen LogP contribution < -0.4 is 14.8 Å². The van der Waals surface area contributed by atoms with E-state index in [-0.39, 0.29) is 17.9 Å². The third kappa shape index (κ3) is 4.89. The van der Waals surface area contributed by atoms with Gasteiger partial charge in [-0.05, 0) is 60.4 Å². The Hall–Kier alpha value is -2.57. The predicted octanol–water partition coefficient (Wildman–Crippen LogP) is 5.88. The molecule has 1 aliphatic rings. The molecule has 0 bridgehead atoms. The van der Waals surface area contributed by atoms with Gasteiger partial charge in [-0.25, -0.2) is 4.98 Å². The van der Waals surface area contributed by atoms with Crippen molar-refractivity contribution in [2.75, 3.05) is 11.2 Å². The molecule has 0 aliphatic carbocycles. The van der Waals surface area contributed by atoms with Gasteiger partial charge in [-0.3, -0.25) is 4.79 Å². The maximum absolute atomic E-state index is 11.3. The van der Waals surface area contributed by atoms with Gasteiger partial charge in [0.2, 0.25) is 11.8 Å². The first kappa shape index (κ1) is 19.7. The molecule has 1 atom stereocenters. The summed E-state index contributed by atoms with van der Waals surface area (Å²) in [6.07, 6.45) is 3.38. The number of anilines is 1. The number of nitrogens with one attached hydrogen (secondary N) is 1. The highest BCUT2D eigenvalue weighted by molar-refractivity contribution is 9.10. The summed E-state index contributed by atoms with van der Waals surface area (Å²) in [5.41, 5.74) is 2.84. The number of carbonyl (C=O) groups excluding carboxylic acids is 1. The molecule has 4 rings (SSSR count). The van der Waals surface area contributed by atoms with E-state index in [9.17, 15) is 4.79 Å². The number of carbonyl (C=O) groups is 1. The molecule has 7 heteroatoms. The van der Waals surface area contributed by atoms with E-state index in [0.29, 0.717) is 17.3 Å². The molecule has 1 aromatic heterocycles. The van der Waals surface area contributed by atoms with E-state index in [2.05, 4.69) is 38.4 Å².